The molecule has 0 bridgehead atoms. The predicted molar refractivity (Wildman–Crippen MR) is 81.9 cm³/mol. The van der Waals surface area contributed by atoms with Gasteiger partial charge in [-0.2, -0.15) is 5.26 Å². The molecule has 0 aliphatic carbocycles. The highest BCUT2D eigenvalue weighted by atomic mass is 79.9. The van der Waals surface area contributed by atoms with Gasteiger partial charge in [0.25, 0.3) is 0 Å². The Balaban J connectivity index is 2.21. The van der Waals surface area contributed by atoms with Crippen LogP contribution in [0.5, 0.6) is 0 Å². The summed E-state index contributed by atoms with van der Waals surface area (Å²) in [4.78, 5) is 0. The first-order chi connectivity index (χ1) is 8.67. The zero-order valence-electron chi connectivity index (χ0n) is 9.40. The van der Waals surface area contributed by atoms with Crippen LogP contribution in [0.2, 0.25) is 0 Å². The number of rotatable bonds is 2. The summed E-state index contributed by atoms with van der Waals surface area (Å²) < 4.78 is 2.08. The third-order valence-corrected chi connectivity index (χ3v) is 3.31. The van der Waals surface area contributed by atoms with E-state index in [0.29, 0.717) is 5.56 Å². The summed E-state index contributed by atoms with van der Waals surface area (Å²) in [5.41, 5.74) is 2.86. The summed E-state index contributed by atoms with van der Waals surface area (Å²) in [6.07, 6.45) is 4.06. The summed E-state index contributed by atoms with van der Waals surface area (Å²) in [6.45, 7) is 0. The fourth-order valence-corrected chi connectivity index (χ4v) is 2.86. The van der Waals surface area contributed by atoms with Crippen LogP contribution in [0.15, 0.2) is 51.4 Å². The first-order valence-electron chi connectivity index (χ1n) is 5.32. The zero-order valence-corrected chi connectivity index (χ0v) is 12.6. The van der Waals surface area contributed by atoms with Crippen molar-refractivity contribution >= 4 is 44.0 Å². The molecular formula is C15H9Br2N. The molecule has 3 heteroatoms. The van der Waals surface area contributed by atoms with Crippen molar-refractivity contribution in [1.29, 1.82) is 5.26 Å². The van der Waals surface area contributed by atoms with Gasteiger partial charge in [-0.3, -0.25) is 0 Å². The average molecular weight is 363 g/mol. The van der Waals surface area contributed by atoms with Gasteiger partial charge in [0.1, 0.15) is 0 Å². The van der Waals surface area contributed by atoms with E-state index in [4.69, 9.17) is 5.26 Å². The molecule has 0 radical (unpaired) electrons. The molecule has 0 aliphatic heterocycles. The lowest BCUT2D eigenvalue weighted by Crippen LogP contribution is -1.76. The molecule has 0 N–H and O–H groups in total. The van der Waals surface area contributed by atoms with E-state index in [-0.39, 0.29) is 0 Å². The lowest BCUT2D eigenvalue weighted by molar-refractivity contribution is 1.48. The van der Waals surface area contributed by atoms with Crippen LogP contribution in [-0.4, -0.2) is 0 Å². The summed E-state index contributed by atoms with van der Waals surface area (Å²) in [5, 5.41) is 8.72. The van der Waals surface area contributed by atoms with Gasteiger partial charge in [0.2, 0.25) is 0 Å². The highest BCUT2D eigenvalue weighted by Gasteiger charge is 1.94. The molecule has 0 fully saturated rings. The largest absolute Gasteiger partial charge is 0.192 e. The number of benzene rings is 2. The number of nitriles is 1. The van der Waals surface area contributed by atoms with Gasteiger partial charge in [-0.1, -0.05) is 56.1 Å². The maximum absolute atomic E-state index is 8.72. The van der Waals surface area contributed by atoms with E-state index in [1.165, 1.54) is 0 Å². The van der Waals surface area contributed by atoms with Crippen molar-refractivity contribution in [3.63, 3.8) is 0 Å². The Kier molecular flexibility index (Phi) is 4.35. The molecule has 0 aliphatic rings. The average Bonchev–Trinajstić information content (AvgIpc) is 2.36. The van der Waals surface area contributed by atoms with Gasteiger partial charge in [0, 0.05) is 8.95 Å². The second-order valence-corrected chi connectivity index (χ2v) is 5.60. The Morgan fingerprint density at radius 1 is 0.833 bits per heavy atom. The first kappa shape index (κ1) is 13.1. The number of nitrogens with zero attached hydrogens (tertiary/aromatic N) is 1. The zero-order chi connectivity index (χ0) is 13.0. The molecule has 18 heavy (non-hydrogen) atoms. The molecule has 88 valence electrons. The van der Waals surface area contributed by atoms with Crippen molar-refractivity contribution in [2.75, 3.05) is 0 Å². The van der Waals surface area contributed by atoms with Gasteiger partial charge < -0.3 is 0 Å². The molecule has 0 aromatic heterocycles. The second kappa shape index (κ2) is 5.99. The van der Waals surface area contributed by atoms with Gasteiger partial charge in [0.05, 0.1) is 11.6 Å². The van der Waals surface area contributed by atoms with E-state index >= 15 is 0 Å². The lowest BCUT2D eigenvalue weighted by atomic mass is 10.1. The summed E-state index contributed by atoms with van der Waals surface area (Å²) in [6, 6.07) is 15.7. The molecule has 0 amide bonds. The van der Waals surface area contributed by atoms with Crippen LogP contribution in [0.3, 0.4) is 0 Å². The van der Waals surface area contributed by atoms with E-state index in [1.54, 1.807) is 0 Å². The van der Waals surface area contributed by atoms with Gasteiger partial charge >= 0.3 is 0 Å². The molecule has 2 aromatic carbocycles. The van der Waals surface area contributed by atoms with Gasteiger partial charge in [-0.05, 0) is 41.5 Å². The fourth-order valence-electron chi connectivity index (χ4n) is 1.53. The molecule has 0 unspecified atom stereocenters. The minimum absolute atomic E-state index is 0.678. The van der Waals surface area contributed by atoms with Crippen LogP contribution in [0, 0.1) is 11.3 Å². The standard InChI is InChI=1S/C15H9Br2N/c16-14-7-13(8-15(17)9-14)6-3-11-1-4-12(10-18)5-2-11/h1-9H/b6-3+. The van der Waals surface area contributed by atoms with Crippen LogP contribution < -0.4 is 0 Å². The van der Waals surface area contributed by atoms with Crippen molar-refractivity contribution in [2.45, 2.75) is 0 Å². The van der Waals surface area contributed by atoms with Crippen molar-refractivity contribution in [3.8, 4) is 6.07 Å². The molecule has 0 heterocycles. The lowest BCUT2D eigenvalue weighted by Gasteiger charge is -1.98. The van der Waals surface area contributed by atoms with Crippen LogP contribution in [-0.2, 0) is 0 Å². The second-order valence-electron chi connectivity index (χ2n) is 3.77. The number of halogens is 2. The molecule has 2 aromatic rings. The maximum atomic E-state index is 8.72. The quantitative estimate of drug-likeness (QED) is 0.669. The maximum Gasteiger partial charge on any atom is 0.0991 e. The Morgan fingerprint density at radius 3 is 1.94 bits per heavy atom. The normalized spacial score (nSPS) is 10.5. The molecule has 2 rings (SSSR count). The predicted octanol–water partition coefficient (Wildman–Crippen LogP) is 5.25. The molecule has 0 spiro atoms. The first-order valence-corrected chi connectivity index (χ1v) is 6.90. The van der Waals surface area contributed by atoms with Gasteiger partial charge in [-0.15, -0.1) is 0 Å². The molecule has 0 saturated carbocycles. The Labute approximate surface area is 123 Å². The minimum atomic E-state index is 0.678. The van der Waals surface area contributed by atoms with Crippen LogP contribution in [0.4, 0.5) is 0 Å². The topological polar surface area (TPSA) is 23.8 Å². The Hall–Kier alpha value is -1.37. The summed E-state index contributed by atoms with van der Waals surface area (Å²) in [7, 11) is 0. The van der Waals surface area contributed by atoms with Gasteiger partial charge in [-0.25, -0.2) is 0 Å². The van der Waals surface area contributed by atoms with E-state index in [0.717, 1.165) is 20.1 Å². The Morgan fingerprint density at radius 2 is 1.39 bits per heavy atom. The third-order valence-electron chi connectivity index (χ3n) is 2.39. The summed E-state index contributed by atoms with van der Waals surface area (Å²) >= 11 is 6.92. The Bertz CT molecular complexity index is 602. The van der Waals surface area contributed by atoms with Crippen molar-refractivity contribution in [1.82, 2.24) is 0 Å². The van der Waals surface area contributed by atoms with E-state index in [1.807, 2.05) is 54.6 Å². The van der Waals surface area contributed by atoms with Crippen LogP contribution in [0.25, 0.3) is 12.2 Å². The SMILES string of the molecule is N#Cc1ccc(/C=C/c2cc(Br)cc(Br)c2)cc1. The van der Waals surface area contributed by atoms with E-state index in [2.05, 4.69) is 37.9 Å². The van der Waals surface area contributed by atoms with Crippen LogP contribution >= 0.6 is 31.9 Å². The molecule has 0 atom stereocenters. The fraction of sp³-hybridized carbons (Fsp3) is 0. The third kappa shape index (κ3) is 3.56. The minimum Gasteiger partial charge on any atom is -0.192 e. The summed E-state index contributed by atoms with van der Waals surface area (Å²) in [5.74, 6) is 0. The molecule has 1 nitrogen and oxygen atoms in total. The molecular weight excluding hydrogens is 354 g/mol. The number of hydrogen-bond donors (Lipinski definition) is 0. The van der Waals surface area contributed by atoms with Crippen LogP contribution in [0.1, 0.15) is 16.7 Å². The van der Waals surface area contributed by atoms with Gasteiger partial charge in [0.15, 0.2) is 0 Å². The van der Waals surface area contributed by atoms with Crippen molar-refractivity contribution in [2.24, 2.45) is 0 Å². The van der Waals surface area contributed by atoms with Crippen molar-refractivity contribution in [3.05, 3.63) is 68.1 Å². The highest BCUT2D eigenvalue weighted by molar-refractivity contribution is 9.11. The highest BCUT2D eigenvalue weighted by Crippen LogP contribution is 2.21. The number of hydrogen-bond acceptors (Lipinski definition) is 1. The monoisotopic (exact) mass is 361 g/mol. The van der Waals surface area contributed by atoms with Crippen molar-refractivity contribution < 1.29 is 0 Å². The van der Waals surface area contributed by atoms with E-state index in [9.17, 15) is 0 Å². The molecule has 0 saturated heterocycles. The smallest absolute Gasteiger partial charge is 0.0991 e. The van der Waals surface area contributed by atoms with E-state index < -0.39 is 0 Å².